The van der Waals surface area contributed by atoms with Gasteiger partial charge in [-0.3, -0.25) is 13.9 Å². The van der Waals surface area contributed by atoms with E-state index < -0.39 is 28.5 Å². The van der Waals surface area contributed by atoms with Crippen LogP contribution in [0.5, 0.6) is 0 Å². The molecule has 2 amide bonds. The molecule has 1 N–H and O–H groups in total. The van der Waals surface area contributed by atoms with Crippen molar-refractivity contribution in [3.05, 3.63) is 94.0 Å². The first kappa shape index (κ1) is 28.5. The second kappa shape index (κ2) is 12.4. The maximum absolute atomic E-state index is 13.8. The second-order valence-corrected chi connectivity index (χ2v) is 11.1. The number of aryl methyl sites for hydroxylation is 1. The van der Waals surface area contributed by atoms with Crippen LogP contribution in [0.4, 0.5) is 5.69 Å². The van der Waals surface area contributed by atoms with E-state index in [4.69, 9.17) is 23.2 Å². The van der Waals surface area contributed by atoms with Gasteiger partial charge in [-0.2, -0.15) is 0 Å². The fraction of sp³-hybridized carbons (Fsp3) is 0.259. The number of nitrogens with one attached hydrogen (secondary N) is 1. The molecule has 0 spiro atoms. The molecular formula is C27H29Cl2N3O4S. The Kier molecular flexibility index (Phi) is 9.59. The van der Waals surface area contributed by atoms with Crippen LogP contribution < -0.4 is 9.62 Å². The molecule has 3 rings (SSSR count). The summed E-state index contributed by atoms with van der Waals surface area (Å²) >= 11 is 12.7. The second-order valence-electron chi connectivity index (χ2n) is 8.44. The lowest BCUT2D eigenvalue weighted by Crippen LogP contribution is -2.51. The van der Waals surface area contributed by atoms with Crippen LogP contribution in [0, 0.1) is 6.92 Å². The monoisotopic (exact) mass is 561 g/mol. The summed E-state index contributed by atoms with van der Waals surface area (Å²) in [5.41, 5.74) is 1.62. The largest absolute Gasteiger partial charge is 0.355 e. The van der Waals surface area contributed by atoms with Crippen LogP contribution in [0.1, 0.15) is 25.0 Å². The van der Waals surface area contributed by atoms with Crippen LogP contribution in [-0.4, -0.2) is 44.3 Å². The number of carbonyl (C=O) groups excluding carboxylic acids is 2. The Morgan fingerprint density at radius 2 is 1.59 bits per heavy atom. The molecule has 0 saturated carbocycles. The molecule has 196 valence electrons. The summed E-state index contributed by atoms with van der Waals surface area (Å²) in [5.74, 6) is -0.936. The minimum atomic E-state index is -4.15. The topological polar surface area (TPSA) is 86.8 Å². The maximum Gasteiger partial charge on any atom is 0.264 e. The molecule has 0 aliphatic carbocycles. The van der Waals surface area contributed by atoms with Gasteiger partial charge in [-0.1, -0.05) is 65.7 Å². The van der Waals surface area contributed by atoms with Gasteiger partial charge < -0.3 is 10.2 Å². The molecule has 0 unspecified atom stereocenters. The van der Waals surface area contributed by atoms with Crippen LogP contribution in [-0.2, 0) is 26.2 Å². The lowest BCUT2D eigenvalue weighted by Gasteiger charge is -2.32. The number of hydrogen-bond donors (Lipinski definition) is 1. The third-order valence-electron chi connectivity index (χ3n) is 5.87. The Bertz CT molecular complexity index is 1370. The summed E-state index contributed by atoms with van der Waals surface area (Å²) < 4.78 is 28.4. The molecular weight excluding hydrogens is 533 g/mol. The average Bonchev–Trinajstić information content (AvgIpc) is 2.88. The van der Waals surface area contributed by atoms with Crippen molar-refractivity contribution in [2.45, 2.75) is 38.3 Å². The summed E-state index contributed by atoms with van der Waals surface area (Å²) in [5, 5.41) is 3.52. The van der Waals surface area contributed by atoms with Gasteiger partial charge in [0.25, 0.3) is 10.0 Å². The van der Waals surface area contributed by atoms with Crippen molar-refractivity contribution in [3.63, 3.8) is 0 Å². The van der Waals surface area contributed by atoms with Gasteiger partial charge in [0.05, 0.1) is 10.6 Å². The molecule has 0 fully saturated rings. The van der Waals surface area contributed by atoms with E-state index in [9.17, 15) is 18.0 Å². The molecule has 0 aliphatic rings. The number of benzene rings is 3. The molecule has 0 radical (unpaired) electrons. The zero-order valence-electron chi connectivity index (χ0n) is 20.8. The fourth-order valence-corrected chi connectivity index (χ4v) is 5.50. The van der Waals surface area contributed by atoms with Crippen molar-refractivity contribution >= 4 is 50.7 Å². The van der Waals surface area contributed by atoms with E-state index in [1.54, 1.807) is 75.4 Å². The standard InChI is InChI=1S/C27H29Cl2N3O4S/c1-4-30-27(34)20(3)31(17-21-10-8-9-13-24(21)28)26(33)18-32(22-15-14-19(2)25(29)16-22)37(35,36)23-11-6-5-7-12-23/h5-16,20H,4,17-18H2,1-3H3,(H,30,34)/t20-/m0/s1. The van der Waals surface area contributed by atoms with Crippen molar-refractivity contribution in [2.24, 2.45) is 0 Å². The highest BCUT2D eigenvalue weighted by Crippen LogP contribution is 2.29. The van der Waals surface area contributed by atoms with Crippen LogP contribution in [0.2, 0.25) is 10.0 Å². The van der Waals surface area contributed by atoms with Gasteiger partial charge in [0.2, 0.25) is 11.8 Å². The number of sulfonamides is 1. The lowest BCUT2D eigenvalue weighted by molar-refractivity contribution is -0.139. The Morgan fingerprint density at radius 3 is 2.22 bits per heavy atom. The third-order valence-corrected chi connectivity index (χ3v) is 8.43. The highest BCUT2D eigenvalue weighted by molar-refractivity contribution is 7.92. The summed E-state index contributed by atoms with van der Waals surface area (Å²) in [6, 6.07) is 18.7. The molecule has 37 heavy (non-hydrogen) atoms. The highest BCUT2D eigenvalue weighted by atomic mass is 35.5. The van der Waals surface area contributed by atoms with Gasteiger partial charge in [-0.25, -0.2) is 8.42 Å². The quantitative estimate of drug-likeness (QED) is 0.375. The van der Waals surface area contributed by atoms with Gasteiger partial charge in [-0.15, -0.1) is 0 Å². The predicted octanol–water partition coefficient (Wildman–Crippen LogP) is 5.05. The van der Waals surface area contributed by atoms with Crippen molar-refractivity contribution < 1.29 is 18.0 Å². The Labute approximate surface area is 228 Å². The van der Waals surface area contributed by atoms with Crippen molar-refractivity contribution in [3.8, 4) is 0 Å². The van der Waals surface area contributed by atoms with Crippen LogP contribution in [0.25, 0.3) is 0 Å². The Hall–Kier alpha value is -3.07. The number of nitrogens with zero attached hydrogens (tertiary/aromatic N) is 2. The molecule has 0 heterocycles. The van der Waals surface area contributed by atoms with Crippen LogP contribution in [0.15, 0.2) is 77.7 Å². The minimum Gasteiger partial charge on any atom is -0.355 e. The van der Waals surface area contributed by atoms with E-state index in [1.165, 1.54) is 23.1 Å². The molecule has 0 bridgehead atoms. The zero-order valence-corrected chi connectivity index (χ0v) is 23.1. The van der Waals surface area contributed by atoms with Crippen molar-refractivity contribution in [2.75, 3.05) is 17.4 Å². The molecule has 1 atom stereocenters. The summed E-state index contributed by atoms with van der Waals surface area (Å²) in [6.45, 7) is 5.02. The summed E-state index contributed by atoms with van der Waals surface area (Å²) in [7, 11) is -4.15. The molecule has 3 aromatic rings. The summed E-state index contributed by atoms with van der Waals surface area (Å²) in [4.78, 5) is 27.9. The molecule has 0 aliphatic heterocycles. The van der Waals surface area contributed by atoms with E-state index in [0.29, 0.717) is 22.2 Å². The molecule has 7 nitrogen and oxygen atoms in total. The highest BCUT2D eigenvalue weighted by Gasteiger charge is 2.32. The van der Waals surface area contributed by atoms with E-state index in [2.05, 4.69) is 5.32 Å². The third kappa shape index (κ3) is 6.83. The maximum atomic E-state index is 13.8. The van der Waals surface area contributed by atoms with Crippen molar-refractivity contribution in [1.29, 1.82) is 0 Å². The SMILES string of the molecule is CCNC(=O)[C@H](C)N(Cc1ccccc1Cl)C(=O)CN(c1ccc(C)c(Cl)c1)S(=O)(=O)c1ccccc1. The van der Waals surface area contributed by atoms with Gasteiger partial charge >= 0.3 is 0 Å². The number of rotatable bonds is 10. The normalized spacial score (nSPS) is 12.0. The first-order chi connectivity index (χ1) is 17.6. The number of anilines is 1. The Morgan fingerprint density at radius 1 is 0.946 bits per heavy atom. The predicted molar refractivity (Wildman–Crippen MR) is 147 cm³/mol. The molecule has 3 aromatic carbocycles. The molecule has 0 saturated heterocycles. The minimum absolute atomic E-state index is 0.0185. The van der Waals surface area contributed by atoms with E-state index in [0.717, 1.165) is 9.87 Å². The fourth-order valence-electron chi connectivity index (χ4n) is 3.70. The number of carbonyl (C=O) groups is 2. The number of likely N-dealkylation sites (N-methyl/N-ethyl adjacent to an activating group) is 1. The van der Waals surface area contributed by atoms with Crippen molar-refractivity contribution in [1.82, 2.24) is 10.2 Å². The number of halogens is 2. The van der Waals surface area contributed by atoms with Crippen LogP contribution >= 0.6 is 23.2 Å². The lowest BCUT2D eigenvalue weighted by atomic mass is 10.1. The first-order valence-corrected chi connectivity index (χ1v) is 13.9. The van der Waals surface area contributed by atoms with E-state index in [1.807, 2.05) is 0 Å². The van der Waals surface area contributed by atoms with Gasteiger partial charge in [0.1, 0.15) is 12.6 Å². The van der Waals surface area contributed by atoms with Gasteiger partial charge in [-0.05, 0) is 62.2 Å². The molecule has 0 aromatic heterocycles. The molecule has 10 heteroatoms. The summed E-state index contributed by atoms with van der Waals surface area (Å²) in [6.07, 6.45) is 0. The van der Waals surface area contributed by atoms with E-state index in [-0.39, 0.29) is 23.0 Å². The zero-order chi connectivity index (χ0) is 27.2. The first-order valence-electron chi connectivity index (χ1n) is 11.7. The number of amides is 2. The van der Waals surface area contributed by atoms with E-state index >= 15 is 0 Å². The average molecular weight is 563 g/mol. The Balaban J connectivity index is 2.05. The smallest absolute Gasteiger partial charge is 0.264 e. The van der Waals surface area contributed by atoms with Gasteiger partial charge in [0.15, 0.2) is 0 Å². The van der Waals surface area contributed by atoms with Gasteiger partial charge in [0, 0.05) is 23.1 Å². The van der Waals surface area contributed by atoms with Crippen LogP contribution in [0.3, 0.4) is 0 Å². The number of hydrogen-bond acceptors (Lipinski definition) is 4.